The SMILES string of the molecule is COCCn1cccc1C(=O)Nc1cnc(Cl)c(C)c1. The van der Waals surface area contributed by atoms with Crippen LogP contribution in [0.4, 0.5) is 5.69 Å². The Morgan fingerprint density at radius 3 is 3.05 bits per heavy atom. The van der Waals surface area contributed by atoms with Crippen molar-refractivity contribution >= 4 is 23.2 Å². The third kappa shape index (κ3) is 3.37. The molecule has 0 bridgehead atoms. The molecule has 1 amide bonds. The second-order valence-corrected chi connectivity index (χ2v) is 4.72. The fraction of sp³-hybridized carbons (Fsp3) is 0.286. The molecular formula is C14H16ClN3O2. The number of pyridine rings is 1. The summed E-state index contributed by atoms with van der Waals surface area (Å²) in [5, 5.41) is 3.24. The van der Waals surface area contributed by atoms with E-state index in [9.17, 15) is 4.79 Å². The maximum atomic E-state index is 12.2. The highest BCUT2D eigenvalue weighted by Crippen LogP contribution is 2.17. The summed E-state index contributed by atoms with van der Waals surface area (Å²) in [7, 11) is 1.63. The number of methoxy groups -OCH3 is 1. The second-order valence-electron chi connectivity index (χ2n) is 4.37. The smallest absolute Gasteiger partial charge is 0.272 e. The Hall–Kier alpha value is -1.85. The van der Waals surface area contributed by atoms with Crippen molar-refractivity contribution in [1.82, 2.24) is 9.55 Å². The van der Waals surface area contributed by atoms with Crippen molar-refractivity contribution in [2.24, 2.45) is 0 Å². The summed E-state index contributed by atoms with van der Waals surface area (Å²) in [6, 6.07) is 5.38. The van der Waals surface area contributed by atoms with Crippen molar-refractivity contribution in [2.75, 3.05) is 19.0 Å². The van der Waals surface area contributed by atoms with E-state index >= 15 is 0 Å². The number of carbonyl (C=O) groups excluding carboxylic acids is 1. The van der Waals surface area contributed by atoms with Gasteiger partial charge >= 0.3 is 0 Å². The van der Waals surface area contributed by atoms with Crippen LogP contribution in [0.2, 0.25) is 5.15 Å². The molecular weight excluding hydrogens is 278 g/mol. The average molecular weight is 294 g/mol. The Kier molecular flexibility index (Phi) is 4.76. The van der Waals surface area contributed by atoms with Gasteiger partial charge in [0.05, 0.1) is 18.5 Å². The standard InChI is InChI=1S/C14H16ClN3O2/c1-10-8-11(9-16-13(10)15)17-14(19)12-4-3-5-18(12)6-7-20-2/h3-5,8-9H,6-7H2,1-2H3,(H,17,19). The van der Waals surface area contributed by atoms with Crippen LogP contribution in [-0.2, 0) is 11.3 Å². The number of nitrogens with one attached hydrogen (secondary N) is 1. The van der Waals surface area contributed by atoms with Crippen LogP contribution in [0.15, 0.2) is 30.6 Å². The van der Waals surface area contributed by atoms with E-state index in [1.165, 1.54) is 6.20 Å². The molecule has 0 atom stereocenters. The molecule has 0 aromatic carbocycles. The number of carbonyl (C=O) groups is 1. The summed E-state index contributed by atoms with van der Waals surface area (Å²) in [6.45, 7) is 3.02. The molecule has 0 saturated carbocycles. The monoisotopic (exact) mass is 293 g/mol. The molecule has 0 unspecified atom stereocenters. The molecule has 2 heterocycles. The van der Waals surface area contributed by atoms with Crippen molar-refractivity contribution in [3.05, 3.63) is 47.0 Å². The fourth-order valence-electron chi connectivity index (χ4n) is 1.83. The number of amides is 1. The molecule has 0 saturated heterocycles. The highest BCUT2D eigenvalue weighted by molar-refractivity contribution is 6.30. The van der Waals surface area contributed by atoms with E-state index in [-0.39, 0.29) is 5.91 Å². The maximum Gasteiger partial charge on any atom is 0.272 e. The lowest BCUT2D eigenvalue weighted by atomic mass is 10.3. The van der Waals surface area contributed by atoms with Crippen LogP contribution in [-0.4, -0.2) is 29.2 Å². The molecule has 2 aromatic heterocycles. The lowest BCUT2D eigenvalue weighted by Crippen LogP contribution is -2.18. The Morgan fingerprint density at radius 1 is 1.55 bits per heavy atom. The molecule has 0 aliphatic carbocycles. The van der Waals surface area contributed by atoms with Crippen molar-refractivity contribution in [1.29, 1.82) is 0 Å². The minimum atomic E-state index is -0.186. The summed E-state index contributed by atoms with van der Waals surface area (Å²) in [6.07, 6.45) is 3.38. The van der Waals surface area contributed by atoms with E-state index in [0.29, 0.717) is 29.7 Å². The van der Waals surface area contributed by atoms with Crippen LogP contribution >= 0.6 is 11.6 Å². The van der Waals surface area contributed by atoms with Gasteiger partial charge in [0, 0.05) is 19.9 Å². The summed E-state index contributed by atoms with van der Waals surface area (Å²) in [4.78, 5) is 16.2. The van der Waals surface area contributed by atoms with E-state index in [0.717, 1.165) is 5.56 Å². The second kappa shape index (κ2) is 6.54. The minimum absolute atomic E-state index is 0.186. The molecule has 106 valence electrons. The Labute approximate surface area is 122 Å². The van der Waals surface area contributed by atoms with E-state index in [1.54, 1.807) is 19.2 Å². The van der Waals surface area contributed by atoms with Crippen LogP contribution in [0.5, 0.6) is 0 Å². The Balaban J connectivity index is 2.11. The van der Waals surface area contributed by atoms with Crippen LogP contribution in [0.3, 0.4) is 0 Å². The number of hydrogen-bond acceptors (Lipinski definition) is 3. The van der Waals surface area contributed by atoms with Gasteiger partial charge in [-0.3, -0.25) is 4.79 Å². The van der Waals surface area contributed by atoms with Crippen LogP contribution in [0, 0.1) is 6.92 Å². The lowest BCUT2D eigenvalue weighted by molar-refractivity contribution is 0.101. The largest absolute Gasteiger partial charge is 0.383 e. The lowest BCUT2D eigenvalue weighted by Gasteiger charge is -2.10. The Bertz CT molecular complexity index is 610. The molecule has 2 rings (SSSR count). The summed E-state index contributed by atoms with van der Waals surface area (Å²) in [5.74, 6) is -0.186. The number of anilines is 1. The van der Waals surface area contributed by atoms with Crippen LogP contribution in [0.25, 0.3) is 0 Å². The number of hydrogen-bond donors (Lipinski definition) is 1. The number of aromatic nitrogens is 2. The predicted molar refractivity (Wildman–Crippen MR) is 78.2 cm³/mol. The molecule has 0 aliphatic rings. The van der Waals surface area contributed by atoms with E-state index in [1.807, 2.05) is 23.8 Å². The number of aryl methyl sites for hydroxylation is 1. The van der Waals surface area contributed by atoms with Crippen LogP contribution < -0.4 is 5.32 Å². The van der Waals surface area contributed by atoms with Gasteiger partial charge in [-0.25, -0.2) is 4.98 Å². The van der Waals surface area contributed by atoms with Gasteiger partial charge in [0.25, 0.3) is 5.91 Å². The first kappa shape index (κ1) is 14.6. The first-order valence-corrected chi connectivity index (χ1v) is 6.57. The van der Waals surface area contributed by atoms with Gasteiger partial charge in [0.1, 0.15) is 10.8 Å². The molecule has 20 heavy (non-hydrogen) atoms. The zero-order chi connectivity index (χ0) is 14.5. The highest BCUT2D eigenvalue weighted by atomic mass is 35.5. The zero-order valence-electron chi connectivity index (χ0n) is 11.4. The van der Waals surface area contributed by atoms with Gasteiger partial charge in [-0.2, -0.15) is 0 Å². The summed E-state index contributed by atoms with van der Waals surface area (Å²) >= 11 is 5.86. The third-order valence-corrected chi connectivity index (χ3v) is 3.27. The quantitative estimate of drug-likeness (QED) is 0.863. The van der Waals surface area contributed by atoms with E-state index in [2.05, 4.69) is 10.3 Å². The number of halogens is 1. The normalized spacial score (nSPS) is 10.6. The van der Waals surface area contributed by atoms with Crippen molar-refractivity contribution in [3.8, 4) is 0 Å². The van der Waals surface area contributed by atoms with Gasteiger partial charge in [0.2, 0.25) is 0 Å². The molecule has 0 fully saturated rings. The Morgan fingerprint density at radius 2 is 2.35 bits per heavy atom. The predicted octanol–water partition coefficient (Wildman–Crippen LogP) is 2.74. The molecule has 0 radical (unpaired) electrons. The van der Waals surface area contributed by atoms with Gasteiger partial charge in [-0.15, -0.1) is 0 Å². The van der Waals surface area contributed by atoms with Crippen molar-refractivity contribution in [2.45, 2.75) is 13.5 Å². The first-order chi connectivity index (χ1) is 9.61. The van der Waals surface area contributed by atoms with Crippen molar-refractivity contribution in [3.63, 3.8) is 0 Å². The van der Waals surface area contributed by atoms with Crippen LogP contribution in [0.1, 0.15) is 16.1 Å². The molecule has 6 heteroatoms. The first-order valence-electron chi connectivity index (χ1n) is 6.19. The average Bonchev–Trinajstić information content (AvgIpc) is 2.89. The molecule has 0 aliphatic heterocycles. The van der Waals surface area contributed by atoms with Gasteiger partial charge < -0.3 is 14.6 Å². The van der Waals surface area contributed by atoms with Gasteiger partial charge in [-0.05, 0) is 30.7 Å². The van der Waals surface area contributed by atoms with E-state index in [4.69, 9.17) is 16.3 Å². The zero-order valence-corrected chi connectivity index (χ0v) is 12.1. The maximum absolute atomic E-state index is 12.2. The van der Waals surface area contributed by atoms with Crippen molar-refractivity contribution < 1.29 is 9.53 Å². The number of nitrogens with zero attached hydrogens (tertiary/aromatic N) is 2. The van der Waals surface area contributed by atoms with Gasteiger partial charge in [0.15, 0.2) is 0 Å². The molecule has 2 aromatic rings. The summed E-state index contributed by atoms with van der Waals surface area (Å²) in [5.41, 5.74) is 2.02. The molecule has 0 spiro atoms. The third-order valence-electron chi connectivity index (χ3n) is 2.87. The van der Waals surface area contributed by atoms with Gasteiger partial charge in [-0.1, -0.05) is 11.6 Å². The topological polar surface area (TPSA) is 56.1 Å². The molecule has 1 N–H and O–H groups in total. The number of ether oxygens (including phenoxy) is 1. The van der Waals surface area contributed by atoms with E-state index < -0.39 is 0 Å². The number of rotatable bonds is 5. The molecule has 5 nitrogen and oxygen atoms in total. The highest BCUT2D eigenvalue weighted by Gasteiger charge is 2.11. The fourth-order valence-corrected chi connectivity index (χ4v) is 1.93. The minimum Gasteiger partial charge on any atom is -0.383 e. The summed E-state index contributed by atoms with van der Waals surface area (Å²) < 4.78 is 6.86.